The Morgan fingerprint density at radius 3 is 2.94 bits per heavy atom. The van der Waals surface area contributed by atoms with E-state index in [1.54, 1.807) is 0 Å². The minimum atomic E-state index is -0.974. The van der Waals surface area contributed by atoms with E-state index in [9.17, 15) is 19.7 Å². The molecule has 1 N–H and O–H groups in total. The number of H-pyrrole nitrogens is 1. The van der Waals surface area contributed by atoms with Crippen LogP contribution in [0, 0.1) is 10.1 Å². The van der Waals surface area contributed by atoms with Crippen LogP contribution in [0.4, 0.5) is 5.69 Å². The molecule has 0 bridgehead atoms. The number of nitrogens with zero attached hydrogens (tertiary/aromatic N) is 2. The summed E-state index contributed by atoms with van der Waals surface area (Å²) < 4.78 is 6.53. The molecular weight excluding hydrogens is 242 g/mol. The van der Waals surface area contributed by atoms with E-state index in [0.717, 1.165) is 23.6 Å². The molecule has 1 aromatic heterocycles. The summed E-state index contributed by atoms with van der Waals surface area (Å²) in [5, 5.41) is 10.6. The fourth-order valence-electron chi connectivity index (χ4n) is 1.95. The van der Waals surface area contributed by atoms with Crippen LogP contribution in [0.15, 0.2) is 15.8 Å². The zero-order valence-corrected chi connectivity index (χ0v) is 9.63. The number of aryl methyl sites for hydroxylation is 1. The van der Waals surface area contributed by atoms with Crippen LogP contribution < -0.4 is 11.2 Å². The van der Waals surface area contributed by atoms with Gasteiger partial charge in [0, 0.05) is 13.2 Å². The van der Waals surface area contributed by atoms with Crippen molar-refractivity contribution in [1.82, 2.24) is 9.55 Å². The second-order valence-electron chi connectivity index (χ2n) is 4.15. The van der Waals surface area contributed by atoms with Gasteiger partial charge in [0.15, 0.2) is 0 Å². The topological polar surface area (TPSA) is 107 Å². The maximum atomic E-state index is 11.5. The monoisotopic (exact) mass is 255 g/mol. The fourth-order valence-corrected chi connectivity index (χ4v) is 1.95. The van der Waals surface area contributed by atoms with Gasteiger partial charge >= 0.3 is 16.9 Å². The first-order valence-electron chi connectivity index (χ1n) is 5.67. The Bertz CT molecular complexity index is 555. The highest BCUT2D eigenvalue weighted by Crippen LogP contribution is 2.15. The first-order valence-corrected chi connectivity index (χ1v) is 5.67. The van der Waals surface area contributed by atoms with E-state index >= 15 is 0 Å². The molecule has 1 atom stereocenters. The first kappa shape index (κ1) is 12.5. The molecule has 1 saturated heterocycles. The molecule has 0 spiro atoms. The molecule has 1 aliphatic rings. The Morgan fingerprint density at radius 2 is 2.33 bits per heavy atom. The lowest BCUT2D eigenvalue weighted by Gasteiger charge is -2.09. The number of hydrogen-bond donors (Lipinski definition) is 1. The van der Waals surface area contributed by atoms with Crippen molar-refractivity contribution in [2.75, 3.05) is 6.61 Å². The summed E-state index contributed by atoms with van der Waals surface area (Å²) in [7, 11) is 0. The molecule has 0 aliphatic carbocycles. The largest absolute Gasteiger partial charge is 0.378 e. The molecule has 98 valence electrons. The Kier molecular flexibility index (Phi) is 3.56. The second-order valence-corrected chi connectivity index (χ2v) is 4.15. The summed E-state index contributed by atoms with van der Waals surface area (Å²) in [6.07, 6.45) is 3.59. The molecule has 0 aromatic carbocycles. The third-order valence-corrected chi connectivity index (χ3v) is 2.90. The van der Waals surface area contributed by atoms with Gasteiger partial charge in [0.25, 0.3) is 0 Å². The van der Waals surface area contributed by atoms with Gasteiger partial charge in [-0.05, 0) is 19.3 Å². The molecule has 0 amide bonds. The van der Waals surface area contributed by atoms with Gasteiger partial charge < -0.3 is 4.74 Å². The van der Waals surface area contributed by atoms with Crippen LogP contribution in [0.5, 0.6) is 0 Å². The highest BCUT2D eigenvalue weighted by molar-refractivity contribution is 5.20. The molecular formula is C10H13N3O5. The Morgan fingerprint density at radius 1 is 1.56 bits per heavy atom. The standard InChI is InChI=1S/C10H13N3O5/c14-9-8(13(16)17)6-12(10(15)11-9)4-3-7-2-1-5-18-7/h6-7H,1-5H2,(H,11,14,15). The molecule has 2 rings (SSSR count). The van der Waals surface area contributed by atoms with E-state index in [0.29, 0.717) is 19.6 Å². The second kappa shape index (κ2) is 5.13. The van der Waals surface area contributed by atoms with E-state index in [4.69, 9.17) is 4.74 Å². The van der Waals surface area contributed by atoms with Crippen LogP contribution in [0.3, 0.4) is 0 Å². The van der Waals surface area contributed by atoms with Crippen molar-refractivity contribution in [1.29, 1.82) is 0 Å². The average molecular weight is 255 g/mol. The summed E-state index contributed by atoms with van der Waals surface area (Å²) in [4.78, 5) is 34.3. The average Bonchev–Trinajstić information content (AvgIpc) is 2.80. The van der Waals surface area contributed by atoms with Crippen molar-refractivity contribution >= 4 is 5.69 Å². The van der Waals surface area contributed by atoms with Crippen molar-refractivity contribution in [2.45, 2.75) is 31.9 Å². The Labute approximate surface area is 101 Å². The molecule has 1 aromatic rings. The van der Waals surface area contributed by atoms with E-state index in [2.05, 4.69) is 0 Å². The minimum absolute atomic E-state index is 0.0860. The van der Waals surface area contributed by atoms with Gasteiger partial charge in [-0.1, -0.05) is 0 Å². The lowest BCUT2D eigenvalue weighted by atomic mass is 10.2. The molecule has 0 saturated carbocycles. The lowest BCUT2D eigenvalue weighted by Crippen LogP contribution is -2.31. The SMILES string of the molecule is O=c1[nH]c(=O)n(CCC2CCCO2)cc1[N+](=O)[O-]. The third kappa shape index (κ3) is 2.65. The highest BCUT2D eigenvalue weighted by atomic mass is 16.6. The molecule has 8 nitrogen and oxygen atoms in total. The van der Waals surface area contributed by atoms with Gasteiger partial charge in [0.1, 0.15) is 0 Å². The molecule has 2 heterocycles. The number of aromatic amines is 1. The van der Waals surface area contributed by atoms with Crippen molar-refractivity contribution in [3.05, 3.63) is 37.1 Å². The first-order chi connectivity index (χ1) is 8.58. The van der Waals surface area contributed by atoms with Gasteiger partial charge in [-0.15, -0.1) is 0 Å². The number of nitro groups is 1. The molecule has 0 radical (unpaired) electrons. The van der Waals surface area contributed by atoms with Gasteiger partial charge in [-0.3, -0.25) is 24.5 Å². The zero-order valence-electron chi connectivity index (χ0n) is 9.63. The van der Waals surface area contributed by atoms with E-state index in [1.165, 1.54) is 0 Å². The van der Waals surface area contributed by atoms with Crippen LogP contribution in [0.25, 0.3) is 0 Å². The van der Waals surface area contributed by atoms with Crippen molar-refractivity contribution < 1.29 is 9.66 Å². The highest BCUT2D eigenvalue weighted by Gasteiger charge is 2.18. The predicted octanol–water partition coefficient (Wildman–Crippen LogP) is 0.0139. The zero-order chi connectivity index (χ0) is 13.1. The minimum Gasteiger partial charge on any atom is -0.378 e. The van der Waals surface area contributed by atoms with Crippen molar-refractivity contribution in [3.63, 3.8) is 0 Å². The van der Waals surface area contributed by atoms with Gasteiger partial charge in [-0.2, -0.15) is 0 Å². The Balaban J connectivity index is 2.16. The number of nitrogens with one attached hydrogen (secondary N) is 1. The quantitative estimate of drug-likeness (QED) is 0.602. The summed E-state index contributed by atoms with van der Waals surface area (Å²) in [5.74, 6) is 0. The lowest BCUT2D eigenvalue weighted by molar-refractivity contribution is -0.386. The summed E-state index contributed by atoms with van der Waals surface area (Å²) in [6, 6.07) is 0. The van der Waals surface area contributed by atoms with Crippen LogP contribution in [-0.4, -0.2) is 27.2 Å². The Hall–Kier alpha value is -1.96. The van der Waals surface area contributed by atoms with Crippen LogP contribution in [-0.2, 0) is 11.3 Å². The normalized spacial score (nSPS) is 19.0. The summed E-state index contributed by atoms with van der Waals surface area (Å²) >= 11 is 0. The van der Waals surface area contributed by atoms with Crippen LogP contribution in [0.1, 0.15) is 19.3 Å². The van der Waals surface area contributed by atoms with Crippen LogP contribution in [0.2, 0.25) is 0 Å². The van der Waals surface area contributed by atoms with Crippen molar-refractivity contribution in [3.8, 4) is 0 Å². The van der Waals surface area contributed by atoms with Gasteiger partial charge in [0.2, 0.25) is 0 Å². The number of ether oxygens (including phenoxy) is 1. The van der Waals surface area contributed by atoms with Gasteiger partial charge in [0.05, 0.1) is 17.2 Å². The van der Waals surface area contributed by atoms with Gasteiger partial charge in [-0.25, -0.2) is 4.79 Å². The number of hydrogen-bond acceptors (Lipinski definition) is 5. The maximum absolute atomic E-state index is 11.5. The number of rotatable bonds is 4. The summed E-state index contributed by atoms with van der Waals surface area (Å²) in [5.41, 5.74) is -2.23. The van der Waals surface area contributed by atoms with E-state index in [1.807, 2.05) is 4.98 Å². The fraction of sp³-hybridized carbons (Fsp3) is 0.600. The third-order valence-electron chi connectivity index (χ3n) is 2.90. The molecule has 1 unspecified atom stereocenters. The predicted molar refractivity (Wildman–Crippen MR) is 61.6 cm³/mol. The summed E-state index contributed by atoms with van der Waals surface area (Å²) in [6.45, 7) is 1.01. The molecule has 8 heteroatoms. The van der Waals surface area contributed by atoms with E-state index < -0.39 is 21.9 Å². The molecule has 18 heavy (non-hydrogen) atoms. The molecule has 1 fully saturated rings. The smallest absolute Gasteiger partial charge is 0.350 e. The molecule has 1 aliphatic heterocycles. The van der Waals surface area contributed by atoms with E-state index in [-0.39, 0.29) is 6.10 Å². The number of aromatic nitrogens is 2. The maximum Gasteiger partial charge on any atom is 0.350 e. The van der Waals surface area contributed by atoms with Crippen molar-refractivity contribution in [2.24, 2.45) is 0 Å². The van der Waals surface area contributed by atoms with Crippen LogP contribution >= 0.6 is 0 Å².